The van der Waals surface area contributed by atoms with Gasteiger partial charge in [-0.15, -0.1) is 0 Å². The van der Waals surface area contributed by atoms with E-state index >= 15 is 0 Å². The monoisotopic (exact) mass is 255 g/mol. The zero-order chi connectivity index (χ0) is 13.1. The number of nitrogens with one attached hydrogen (secondary N) is 1. The second-order valence-electron chi connectivity index (χ2n) is 4.39. The van der Waals surface area contributed by atoms with Gasteiger partial charge < -0.3 is 5.32 Å². The van der Waals surface area contributed by atoms with Crippen LogP contribution in [0.15, 0.2) is 12.1 Å². The molecule has 0 amide bonds. The van der Waals surface area contributed by atoms with Crippen LogP contribution in [-0.2, 0) is 0 Å². The normalized spacial score (nSPS) is 11.3. The van der Waals surface area contributed by atoms with E-state index in [9.17, 15) is 10.1 Å². The van der Waals surface area contributed by atoms with E-state index in [0.29, 0.717) is 12.4 Å². The van der Waals surface area contributed by atoms with Gasteiger partial charge in [0.1, 0.15) is 0 Å². The molecule has 1 N–H and O–H groups in total. The molecule has 0 aromatic carbocycles. The summed E-state index contributed by atoms with van der Waals surface area (Å²) in [5.74, 6) is 0.345. The number of rotatable bonds is 5. The molecular weight excluding hydrogens is 238 g/mol. The zero-order valence-electron chi connectivity index (χ0n) is 10.5. The number of thioether (sulfide) groups is 1. The number of hydrogen-bond donors (Lipinski definition) is 1. The summed E-state index contributed by atoms with van der Waals surface area (Å²) in [7, 11) is 0. The van der Waals surface area contributed by atoms with E-state index in [1.807, 2.05) is 13.2 Å². The van der Waals surface area contributed by atoms with Gasteiger partial charge in [-0.1, -0.05) is 0 Å². The molecule has 5 nitrogen and oxygen atoms in total. The SMILES string of the molecule is CSC(C)(C)CNc1nc(C)ccc1[N+](=O)[O-]. The minimum absolute atomic E-state index is 0.0132. The van der Waals surface area contributed by atoms with Gasteiger partial charge in [-0.05, 0) is 33.1 Å². The van der Waals surface area contributed by atoms with E-state index in [1.165, 1.54) is 6.07 Å². The highest BCUT2D eigenvalue weighted by atomic mass is 32.2. The summed E-state index contributed by atoms with van der Waals surface area (Å²) in [6.07, 6.45) is 2.01. The molecule has 0 saturated heterocycles. The molecule has 0 spiro atoms. The molecular formula is C11H17N3O2S. The van der Waals surface area contributed by atoms with Gasteiger partial charge in [0.25, 0.3) is 0 Å². The Balaban J connectivity index is 2.89. The lowest BCUT2D eigenvalue weighted by Gasteiger charge is -2.22. The second-order valence-corrected chi connectivity index (χ2v) is 5.91. The molecule has 94 valence electrons. The van der Waals surface area contributed by atoms with E-state index < -0.39 is 4.92 Å². The Morgan fingerprint density at radius 2 is 2.18 bits per heavy atom. The predicted molar refractivity (Wildman–Crippen MR) is 71.7 cm³/mol. The van der Waals surface area contributed by atoms with Gasteiger partial charge in [0.2, 0.25) is 5.82 Å². The van der Waals surface area contributed by atoms with Crippen LogP contribution in [0.2, 0.25) is 0 Å². The molecule has 0 bridgehead atoms. The van der Waals surface area contributed by atoms with E-state index in [2.05, 4.69) is 24.1 Å². The van der Waals surface area contributed by atoms with Gasteiger partial charge in [-0.3, -0.25) is 10.1 Å². The van der Waals surface area contributed by atoms with Gasteiger partial charge in [-0.2, -0.15) is 11.8 Å². The molecule has 0 aliphatic rings. The van der Waals surface area contributed by atoms with Gasteiger partial charge in [-0.25, -0.2) is 4.98 Å². The lowest BCUT2D eigenvalue weighted by molar-refractivity contribution is -0.384. The molecule has 0 fully saturated rings. The summed E-state index contributed by atoms with van der Waals surface area (Å²) in [5.41, 5.74) is 0.785. The Morgan fingerprint density at radius 1 is 1.53 bits per heavy atom. The summed E-state index contributed by atoms with van der Waals surface area (Å²) in [6, 6.07) is 3.12. The van der Waals surface area contributed by atoms with E-state index in [-0.39, 0.29) is 10.4 Å². The maximum Gasteiger partial charge on any atom is 0.311 e. The Hall–Kier alpha value is -1.30. The summed E-state index contributed by atoms with van der Waals surface area (Å²) in [6.45, 7) is 6.60. The zero-order valence-corrected chi connectivity index (χ0v) is 11.3. The van der Waals surface area contributed by atoms with Crippen LogP contribution >= 0.6 is 11.8 Å². The molecule has 0 unspecified atom stereocenters. The number of aryl methyl sites for hydroxylation is 1. The average molecular weight is 255 g/mol. The number of nitrogens with zero attached hydrogens (tertiary/aromatic N) is 2. The molecule has 0 saturated carbocycles. The third-order valence-corrected chi connectivity index (χ3v) is 3.69. The van der Waals surface area contributed by atoms with Crippen molar-refractivity contribution in [3.63, 3.8) is 0 Å². The van der Waals surface area contributed by atoms with Crippen LogP contribution in [0.1, 0.15) is 19.5 Å². The molecule has 0 aliphatic carbocycles. The first-order valence-electron chi connectivity index (χ1n) is 5.27. The lowest BCUT2D eigenvalue weighted by atomic mass is 10.2. The van der Waals surface area contributed by atoms with Crippen molar-refractivity contribution in [3.05, 3.63) is 27.9 Å². The van der Waals surface area contributed by atoms with E-state index in [4.69, 9.17) is 0 Å². The first-order chi connectivity index (χ1) is 7.85. The molecule has 1 rings (SSSR count). The minimum Gasteiger partial charge on any atom is -0.363 e. The standard InChI is InChI=1S/C11H17N3O2S/c1-8-5-6-9(14(15)16)10(13-8)12-7-11(2,3)17-4/h5-6H,7H2,1-4H3,(H,12,13). The van der Waals surface area contributed by atoms with Crippen molar-refractivity contribution in [1.29, 1.82) is 0 Å². The highest BCUT2D eigenvalue weighted by Crippen LogP contribution is 2.25. The first-order valence-corrected chi connectivity index (χ1v) is 6.49. The maximum absolute atomic E-state index is 10.8. The Bertz CT molecular complexity index is 421. The maximum atomic E-state index is 10.8. The Labute approximate surface area is 105 Å². The van der Waals surface area contributed by atoms with Gasteiger partial charge >= 0.3 is 5.69 Å². The fraction of sp³-hybridized carbons (Fsp3) is 0.545. The van der Waals surface area contributed by atoms with Crippen molar-refractivity contribution >= 4 is 23.3 Å². The van der Waals surface area contributed by atoms with Crippen LogP contribution in [0, 0.1) is 17.0 Å². The van der Waals surface area contributed by atoms with Crippen molar-refractivity contribution in [2.45, 2.75) is 25.5 Å². The second kappa shape index (κ2) is 5.35. The number of hydrogen-bond acceptors (Lipinski definition) is 5. The molecule has 6 heteroatoms. The summed E-state index contributed by atoms with van der Waals surface area (Å²) in [5, 5.41) is 13.9. The molecule has 1 aromatic rings. The van der Waals surface area contributed by atoms with Crippen molar-refractivity contribution < 1.29 is 4.92 Å². The number of aromatic nitrogens is 1. The number of anilines is 1. The molecule has 1 aromatic heterocycles. The van der Waals surface area contributed by atoms with Gasteiger partial charge in [0.05, 0.1) is 4.92 Å². The lowest BCUT2D eigenvalue weighted by Crippen LogP contribution is -2.26. The van der Waals surface area contributed by atoms with Crippen molar-refractivity contribution in [1.82, 2.24) is 4.98 Å². The number of pyridine rings is 1. The highest BCUT2D eigenvalue weighted by Gasteiger charge is 2.20. The highest BCUT2D eigenvalue weighted by molar-refractivity contribution is 7.99. The van der Waals surface area contributed by atoms with Gasteiger partial charge in [0, 0.05) is 23.1 Å². The van der Waals surface area contributed by atoms with Crippen LogP contribution in [0.4, 0.5) is 11.5 Å². The minimum atomic E-state index is -0.416. The van der Waals surface area contributed by atoms with Crippen molar-refractivity contribution in [3.8, 4) is 0 Å². The molecule has 0 aliphatic heterocycles. The van der Waals surface area contributed by atoms with Crippen molar-refractivity contribution in [2.75, 3.05) is 18.1 Å². The quantitative estimate of drug-likeness (QED) is 0.647. The van der Waals surface area contributed by atoms with Crippen LogP contribution < -0.4 is 5.32 Å². The van der Waals surface area contributed by atoms with Crippen LogP contribution in [0.25, 0.3) is 0 Å². The third kappa shape index (κ3) is 3.89. The Kier molecular flexibility index (Phi) is 4.34. The van der Waals surface area contributed by atoms with Crippen LogP contribution in [0.5, 0.6) is 0 Å². The number of nitro groups is 1. The third-order valence-electron chi connectivity index (χ3n) is 2.44. The fourth-order valence-corrected chi connectivity index (χ4v) is 1.41. The smallest absolute Gasteiger partial charge is 0.311 e. The summed E-state index contributed by atoms with van der Waals surface area (Å²) in [4.78, 5) is 14.6. The molecule has 1 heterocycles. The van der Waals surface area contributed by atoms with E-state index in [0.717, 1.165) is 5.69 Å². The predicted octanol–water partition coefficient (Wildman–Crippen LogP) is 2.85. The fourth-order valence-electron chi connectivity index (χ4n) is 1.20. The molecule has 17 heavy (non-hydrogen) atoms. The van der Waals surface area contributed by atoms with E-state index in [1.54, 1.807) is 17.8 Å². The van der Waals surface area contributed by atoms with Crippen LogP contribution in [0.3, 0.4) is 0 Å². The van der Waals surface area contributed by atoms with Gasteiger partial charge in [0.15, 0.2) is 0 Å². The Morgan fingerprint density at radius 3 is 2.71 bits per heavy atom. The molecule has 0 radical (unpaired) electrons. The van der Waals surface area contributed by atoms with Crippen molar-refractivity contribution in [2.24, 2.45) is 0 Å². The summed E-state index contributed by atoms with van der Waals surface area (Å²) >= 11 is 1.70. The van der Waals surface area contributed by atoms with Crippen LogP contribution in [-0.4, -0.2) is 27.5 Å². The molecule has 0 atom stereocenters. The topological polar surface area (TPSA) is 68.1 Å². The summed E-state index contributed by atoms with van der Waals surface area (Å²) < 4.78 is 0.0132. The average Bonchev–Trinajstić information content (AvgIpc) is 2.26. The largest absolute Gasteiger partial charge is 0.363 e. The first kappa shape index (κ1) is 13.8.